The highest BCUT2D eigenvalue weighted by molar-refractivity contribution is 14.0. The Kier molecular flexibility index (Phi) is 8.56. The highest BCUT2D eigenvalue weighted by atomic mass is 127. The van der Waals surface area contributed by atoms with Gasteiger partial charge in [0.2, 0.25) is 0 Å². The number of hydrogen-bond donors (Lipinski definition) is 2. The summed E-state index contributed by atoms with van der Waals surface area (Å²) in [5, 5.41) is 7.34. The number of rotatable bonds is 4. The first kappa shape index (κ1) is 22.2. The standard InChI is InChI=1S/C18H20BrClFN5.HI/c1-22-18(24-10-12-4-5-13(19)9-15(12)20)25-14-6-8-26(11-14)17-16(21)3-2-7-23-17;/h2-5,7,9,14H,6,8,10-11H2,1H3,(H2,22,24,25);1H. The molecule has 2 N–H and O–H groups in total. The summed E-state index contributed by atoms with van der Waals surface area (Å²) >= 11 is 9.65. The third kappa shape index (κ3) is 5.92. The molecule has 0 amide bonds. The van der Waals surface area contributed by atoms with Gasteiger partial charge in [0.15, 0.2) is 17.6 Å². The number of halogens is 4. The maximum atomic E-state index is 13.9. The second-order valence-electron chi connectivity index (χ2n) is 6.05. The Bertz CT molecular complexity index is 807. The zero-order valence-corrected chi connectivity index (χ0v) is 19.4. The van der Waals surface area contributed by atoms with Gasteiger partial charge in [-0.25, -0.2) is 9.37 Å². The lowest BCUT2D eigenvalue weighted by Gasteiger charge is -2.20. The number of aromatic nitrogens is 1. The second kappa shape index (κ2) is 10.4. The van der Waals surface area contributed by atoms with E-state index < -0.39 is 0 Å². The lowest BCUT2D eigenvalue weighted by atomic mass is 10.2. The Hall–Kier alpha value is -1.13. The van der Waals surface area contributed by atoms with Crippen molar-refractivity contribution >= 4 is 63.3 Å². The summed E-state index contributed by atoms with van der Waals surface area (Å²) in [5.41, 5.74) is 0.987. The minimum atomic E-state index is -0.291. The monoisotopic (exact) mass is 567 g/mol. The number of anilines is 1. The van der Waals surface area contributed by atoms with Gasteiger partial charge in [-0.1, -0.05) is 33.6 Å². The lowest BCUT2D eigenvalue weighted by Crippen LogP contribution is -2.44. The average Bonchev–Trinajstić information content (AvgIpc) is 3.08. The molecule has 0 spiro atoms. The van der Waals surface area contributed by atoms with Gasteiger partial charge < -0.3 is 15.5 Å². The fourth-order valence-electron chi connectivity index (χ4n) is 2.91. The fourth-order valence-corrected chi connectivity index (χ4v) is 3.65. The maximum absolute atomic E-state index is 13.9. The van der Waals surface area contributed by atoms with Crippen molar-refractivity contribution in [3.63, 3.8) is 0 Å². The molecule has 0 radical (unpaired) electrons. The summed E-state index contributed by atoms with van der Waals surface area (Å²) in [4.78, 5) is 10.4. The van der Waals surface area contributed by atoms with Gasteiger partial charge in [-0.3, -0.25) is 4.99 Å². The van der Waals surface area contributed by atoms with Crippen LogP contribution in [0.4, 0.5) is 10.2 Å². The van der Waals surface area contributed by atoms with Crippen LogP contribution in [0.1, 0.15) is 12.0 Å². The SMILES string of the molecule is CN=C(NCc1ccc(Br)cc1Cl)NC1CCN(c2ncccc2F)C1.I. The summed E-state index contributed by atoms with van der Waals surface area (Å²) in [5.74, 6) is 0.805. The molecule has 1 atom stereocenters. The number of hydrogen-bond acceptors (Lipinski definition) is 3. The molecular formula is C18H21BrClFIN5. The number of aliphatic imine (C=N–C) groups is 1. The highest BCUT2D eigenvalue weighted by Gasteiger charge is 2.25. The highest BCUT2D eigenvalue weighted by Crippen LogP contribution is 2.22. The molecule has 2 aromatic rings. The number of nitrogens with zero attached hydrogens (tertiary/aromatic N) is 3. The van der Waals surface area contributed by atoms with Crippen molar-refractivity contribution in [2.75, 3.05) is 25.0 Å². The van der Waals surface area contributed by atoms with Gasteiger partial charge >= 0.3 is 0 Å². The Morgan fingerprint density at radius 1 is 1.44 bits per heavy atom. The minimum Gasteiger partial charge on any atom is -0.352 e. The van der Waals surface area contributed by atoms with Crippen LogP contribution < -0.4 is 15.5 Å². The zero-order chi connectivity index (χ0) is 18.5. The van der Waals surface area contributed by atoms with Crippen LogP contribution in [0.2, 0.25) is 5.02 Å². The molecule has 146 valence electrons. The van der Waals surface area contributed by atoms with E-state index in [0.29, 0.717) is 29.9 Å². The topological polar surface area (TPSA) is 52.6 Å². The van der Waals surface area contributed by atoms with Crippen LogP contribution >= 0.6 is 51.5 Å². The molecule has 1 aliphatic rings. The van der Waals surface area contributed by atoms with Crippen LogP contribution in [0.25, 0.3) is 0 Å². The quantitative estimate of drug-likeness (QED) is 0.330. The molecule has 5 nitrogen and oxygen atoms in total. The summed E-state index contributed by atoms with van der Waals surface area (Å²) < 4.78 is 14.8. The zero-order valence-electron chi connectivity index (χ0n) is 14.8. The Labute approximate surface area is 188 Å². The largest absolute Gasteiger partial charge is 0.352 e. The molecule has 1 aromatic heterocycles. The van der Waals surface area contributed by atoms with Crippen molar-refractivity contribution < 1.29 is 4.39 Å². The van der Waals surface area contributed by atoms with Gasteiger partial charge in [-0.2, -0.15) is 0 Å². The van der Waals surface area contributed by atoms with Crippen LogP contribution in [0.3, 0.4) is 0 Å². The smallest absolute Gasteiger partial charge is 0.191 e. The van der Waals surface area contributed by atoms with Crippen LogP contribution in [0, 0.1) is 5.82 Å². The van der Waals surface area contributed by atoms with Crippen molar-refractivity contribution in [1.82, 2.24) is 15.6 Å². The molecule has 0 bridgehead atoms. The Balaban J connectivity index is 0.00000261. The molecule has 1 fully saturated rings. The van der Waals surface area contributed by atoms with Gasteiger partial charge in [0.1, 0.15) is 0 Å². The molecule has 2 heterocycles. The van der Waals surface area contributed by atoms with Crippen molar-refractivity contribution in [3.8, 4) is 0 Å². The molecule has 0 aliphatic carbocycles. The van der Waals surface area contributed by atoms with Crippen molar-refractivity contribution in [2.45, 2.75) is 19.0 Å². The van der Waals surface area contributed by atoms with E-state index in [1.165, 1.54) is 6.07 Å². The number of benzene rings is 1. The van der Waals surface area contributed by atoms with Crippen LogP contribution in [0.15, 0.2) is 46.0 Å². The first-order valence-electron chi connectivity index (χ1n) is 8.33. The Morgan fingerprint density at radius 2 is 2.26 bits per heavy atom. The average molecular weight is 569 g/mol. The molecular weight excluding hydrogens is 547 g/mol. The fraction of sp³-hybridized carbons (Fsp3) is 0.333. The lowest BCUT2D eigenvalue weighted by molar-refractivity contribution is 0.612. The summed E-state index contributed by atoms with van der Waals surface area (Å²) in [6.45, 7) is 1.99. The van der Waals surface area contributed by atoms with Crippen LogP contribution in [-0.2, 0) is 6.54 Å². The summed E-state index contributed by atoms with van der Waals surface area (Å²) in [7, 11) is 1.73. The van der Waals surface area contributed by atoms with E-state index in [1.807, 2.05) is 23.1 Å². The van der Waals surface area contributed by atoms with Gasteiger partial charge in [-0.05, 0) is 36.2 Å². The van der Waals surface area contributed by atoms with E-state index in [0.717, 1.165) is 23.0 Å². The predicted molar refractivity (Wildman–Crippen MR) is 123 cm³/mol. The molecule has 0 saturated carbocycles. The summed E-state index contributed by atoms with van der Waals surface area (Å²) in [6.07, 6.45) is 2.50. The number of pyridine rings is 1. The number of nitrogens with one attached hydrogen (secondary N) is 2. The Morgan fingerprint density at radius 3 is 2.96 bits per heavy atom. The van der Waals surface area contributed by atoms with Crippen molar-refractivity contribution in [3.05, 3.63) is 57.4 Å². The van der Waals surface area contributed by atoms with E-state index in [2.05, 4.69) is 36.5 Å². The van der Waals surface area contributed by atoms with E-state index in [9.17, 15) is 4.39 Å². The normalized spacial score (nSPS) is 16.8. The van der Waals surface area contributed by atoms with E-state index >= 15 is 0 Å². The van der Waals surface area contributed by atoms with Gasteiger partial charge in [0, 0.05) is 48.4 Å². The second-order valence-corrected chi connectivity index (χ2v) is 7.37. The molecule has 27 heavy (non-hydrogen) atoms. The van der Waals surface area contributed by atoms with Crippen LogP contribution in [0.5, 0.6) is 0 Å². The molecule has 1 unspecified atom stereocenters. The van der Waals surface area contributed by atoms with Crippen molar-refractivity contribution in [1.29, 1.82) is 0 Å². The predicted octanol–water partition coefficient (Wildman–Crippen LogP) is 4.20. The van der Waals surface area contributed by atoms with E-state index in [4.69, 9.17) is 11.6 Å². The van der Waals surface area contributed by atoms with Gasteiger partial charge in [0.05, 0.1) is 0 Å². The third-order valence-electron chi connectivity index (χ3n) is 4.25. The minimum absolute atomic E-state index is 0. The first-order chi connectivity index (χ1) is 12.6. The molecule has 1 aliphatic heterocycles. The molecule has 9 heteroatoms. The summed E-state index contributed by atoms with van der Waals surface area (Å²) in [6, 6.07) is 8.99. The molecule has 1 saturated heterocycles. The van der Waals surface area contributed by atoms with E-state index in [-0.39, 0.29) is 35.8 Å². The number of guanidine groups is 1. The molecule has 3 rings (SSSR count). The van der Waals surface area contributed by atoms with Crippen molar-refractivity contribution in [2.24, 2.45) is 4.99 Å². The third-order valence-corrected chi connectivity index (χ3v) is 5.10. The first-order valence-corrected chi connectivity index (χ1v) is 9.50. The van der Waals surface area contributed by atoms with Crippen LogP contribution in [-0.4, -0.2) is 37.1 Å². The molecule has 1 aromatic carbocycles. The maximum Gasteiger partial charge on any atom is 0.191 e. The van der Waals surface area contributed by atoms with Gasteiger partial charge in [0.25, 0.3) is 0 Å². The van der Waals surface area contributed by atoms with Gasteiger partial charge in [-0.15, -0.1) is 24.0 Å². The van der Waals surface area contributed by atoms with E-state index in [1.54, 1.807) is 19.3 Å².